The maximum Gasteiger partial charge on any atom is 0.326 e. The average molecular weight is 652 g/mol. The quantitative estimate of drug-likeness (QED) is 0.165. The molecular weight excluding hydrogens is 617 g/mol. The van der Waals surface area contributed by atoms with E-state index >= 15 is 0 Å². The lowest BCUT2D eigenvalue weighted by Crippen LogP contribution is -2.57. The van der Waals surface area contributed by atoms with E-state index in [1.165, 1.54) is 43.1 Å². The van der Waals surface area contributed by atoms with Crippen LogP contribution in [-0.4, -0.2) is 71.9 Å². The highest BCUT2D eigenvalue weighted by atomic mass is 32.2. The molecule has 1 aliphatic rings. The van der Waals surface area contributed by atoms with Gasteiger partial charge in [0.25, 0.3) is 5.91 Å². The van der Waals surface area contributed by atoms with Gasteiger partial charge in [-0.3, -0.25) is 19.2 Å². The number of rotatable bonds is 15. The van der Waals surface area contributed by atoms with Gasteiger partial charge in [0, 0.05) is 11.3 Å². The molecule has 13 heteroatoms. The Morgan fingerprint density at radius 1 is 0.935 bits per heavy atom. The van der Waals surface area contributed by atoms with Crippen LogP contribution in [0.1, 0.15) is 35.8 Å². The van der Waals surface area contributed by atoms with Crippen molar-refractivity contribution >= 4 is 46.9 Å². The van der Waals surface area contributed by atoms with E-state index in [4.69, 9.17) is 9.47 Å². The SMILES string of the molecule is COc1ccc(C(=O)CS[C@H]2C(=O)N(c3ccc(F)cc3)[C@@H]2c2ccc(OCC(=O)NCC(=O)N[C@@H](C(=O)O)C(C)C)cc2)cc1. The topological polar surface area (TPSA) is 151 Å². The van der Waals surface area contributed by atoms with Crippen molar-refractivity contribution in [3.63, 3.8) is 0 Å². The fraction of sp³-hybridized carbons (Fsp3) is 0.303. The molecule has 3 aromatic rings. The summed E-state index contributed by atoms with van der Waals surface area (Å²) in [5.74, 6) is -2.46. The van der Waals surface area contributed by atoms with E-state index in [1.54, 1.807) is 67.3 Å². The van der Waals surface area contributed by atoms with Gasteiger partial charge < -0.3 is 30.1 Å². The number of β-lactam (4-membered cyclic amide) rings is 1. The number of thioether (sulfide) groups is 1. The minimum atomic E-state index is -1.17. The van der Waals surface area contributed by atoms with E-state index in [0.29, 0.717) is 22.7 Å². The van der Waals surface area contributed by atoms with Crippen LogP contribution in [0, 0.1) is 11.7 Å². The van der Waals surface area contributed by atoms with Crippen LogP contribution in [0.5, 0.6) is 11.5 Å². The Kier molecular flexibility index (Phi) is 11.4. The smallest absolute Gasteiger partial charge is 0.326 e. The Balaban J connectivity index is 1.38. The van der Waals surface area contributed by atoms with Gasteiger partial charge in [0.05, 0.1) is 25.4 Å². The zero-order chi connectivity index (χ0) is 33.4. The van der Waals surface area contributed by atoms with E-state index < -0.39 is 54.1 Å². The lowest BCUT2D eigenvalue weighted by atomic mass is 9.92. The molecule has 3 atom stereocenters. The Bertz CT molecular complexity index is 1570. The largest absolute Gasteiger partial charge is 0.497 e. The lowest BCUT2D eigenvalue weighted by Gasteiger charge is -2.47. The second kappa shape index (κ2) is 15.4. The van der Waals surface area contributed by atoms with Gasteiger partial charge >= 0.3 is 5.97 Å². The van der Waals surface area contributed by atoms with Crippen LogP contribution in [0.2, 0.25) is 0 Å². The van der Waals surface area contributed by atoms with Crippen molar-refractivity contribution in [3.8, 4) is 11.5 Å². The van der Waals surface area contributed by atoms with Crippen molar-refractivity contribution in [3.05, 3.63) is 89.7 Å². The summed E-state index contributed by atoms with van der Waals surface area (Å²) in [5.41, 5.74) is 1.75. The number of carbonyl (C=O) groups is 5. The molecule has 1 aliphatic heterocycles. The van der Waals surface area contributed by atoms with Gasteiger partial charge in [-0.25, -0.2) is 9.18 Å². The summed E-state index contributed by atoms with van der Waals surface area (Å²) in [6.45, 7) is 2.51. The standard InChI is InChI=1S/C33H34FN3O8S/c1-19(2)29(33(42)43)36-27(39)16-35-28(40)17-45-25-14-6-21(7-15-25)30-31(32(41)37(30)23-10-8-22(34)9-11-23)46-18-26(38)20-4-12-24(44-3)13-5-20/h4-15,19,29-31H,16-18H2,1-3H3,(H,35,40)(H,36,39)(H,42,43)/t29-,30-,31-/m1/s1. The van der Waals surface area contributed by atoms with E-state index in [0.717, 1.165) is 5.56 Å². The van der Waals surface area contributed by atoms with Crippen molar-refractivity contribution < 1.29 is 42.9 Å². The molecule has 1 heterocycles. The predicted molar refractivity (Wildman–Crippen MR) is 170 cm³/mol. The van der Waals surface area contributed by atoms with E-state index in [9.17, 15) is 33.5 Å². The summed E-state index contributed by atoms with van der Waals surface area (Å²) in [4.78, 5) is 63.3. The molecule has 0 bridgehead atoms. The first-order valence-corrected chi connectivity index (χ1v) is 15.4. The highest BCUT2D eigenvalue weighted by Gasteiger charge is 2.49. The zero-order valence-corrected chi connectivity index (χ0v) is 26.2. The molecule has 3 N–H and O–H groups in total. The van der Waals surface area contributed by atoms with Crippen molar-refractivity contribution in [1.82, 2.24) is 10.6 Å². The van der Waals surface area contributed by atoms with Crippen LogP contribution in [0.3, 0.4) is 0 Å². The number of hydrogen-bond acceptors (Lipinski definition) is 8. The third kappa shape index (κ3) is 8.42. The van der Waals surface area contributed by atoms with Crippen LogP contribution >= 0.6 is 11.8 Å². The molecule has 3 aromatic carbocycles. The summed E-state index contributed by atoms with van der Waals surface area (Å²) >= 11 is 1.23. The van der Waals surface area contributed by atoms with Gasteiger partial charge in [0.1, 0.15) is 28.6 Å². The number of Topliss-reactive ketones (excluding diaryl/α,β-unsaturated/α-hetero) is 1. The summed E-state index contributed by atoms with van der Waals surface area (Å²) in [7, 11) is 1.54. The van der Waals surface area contributed by atoms with Gasteiger partial charge in [-0.05, 0) is 72.1 Å². The molecule has 4 rings (SSSR count). The molecule has 3 amide bonds. The second-order valence-electron chi connectivity index (χ2n) is 10.8. The van der Waals surface area contributed by atoms with Gasteiger partial charge in [-0.15, -0.1) is 11.8 Å². The molecule has 0 unspecified atom stereocenters. The lowest BCUT2D eigenvalue weighted by molar-refractivity contribution is -0.143. The number of carboxylic acid groups (broad SMARTS) is 1. The first-order chi connectivity index (χ1) is 22.0. The Morgan fingerprint density at radius 3 is 2.15 bits per heavy atom. The maximum atomic E-state index is 13.6. The van der Waals surface area contributed by atoms with Gasteiger partial charge in [0.2, 0.25) is 11.8 Å². The van der Waals surface area contributed by atoms with E-state index in [1.807, 2.05) is 0 Å². The number of ether oxygens (including phenoxy) is 2. The number of amides is 3. The molecule has 11 nitrogen and oxygen atoms in total. The number of hydrogen-bond donors (Lipinski definition) is 3. The molecule has 0 saturated carbocycles. The number of carbonyl (C=O) groups excluding carboxylic acids is 4. The Hall–Kier alpha value is -4.91. The number of halogens is 1. The highest BCUT2D eigenvalue weighted by Crippen LogP contribution is 2.45. The van der Waals surface area contributed by atoms with Crippen molar-refractivity contribution in [1.29, 1.82) is 0 Å². The second-order valence-corrected chi connectivity index (χ2v) is 11.9. The number of carboxylic acids is 1. The number of methoxy groups -OCH3 is 1. The molecule has 1 fully saturated rings. The first-order valence-electron chi connectivity index (χ1n) is 14.4. The highest BCUT2D eigenvalue weighted by molar-refractivity contribution is 8.01. The maximum absolute atomic E-state index is 13.6. The third-order valence-electron chi connectivity index (χ3n) is 7.24. The molecule has 0 spiro atoms. The molecular formula is C33H34FN3O8S. The predicted octanol–water partition coefficient (Wildman–Crippen LogP) is 3.63. The fourth-order valence-electron chi connectivity index (χ4n) is 4.74. The minimum Gasteiger partial charge on any atom is -0.497 e. The van der Waals surface area contributed by atoms with Crippen LogP contribution in [0.15, 0.2) is 72.8 Å². The molecule has 1 saturated heterocycles. The van der Waals surface area contributed by atoms with Gasteiger partial charge in [0.15, 0.2) is 12.4 Å². The fourth-order valence-corrected chi connectivity index (χ4v) is 5.96. The van der Waals surface area contributed by atoms with Gasteiger partial charge in [-0.2, -0.15) is 0 Å². The van der Waals surface area contributed by atoms with E-state index in [-0.39, 0.29) is 23.4 Å². The number of nitrogens with one attached hydrogen (secondary N) is 2. The van der Waals surface area contributed by atoms with Crippen molar-refractivity contribution in [2.45, 2.75) is 31.2 Å². The molecule has 0 aromatic heterocycles. The number of aliphatic carboxylic acids is 1. The number of nitrogens with zero attached hydrogens (tertiary/aromatic N) is 1. The number of benzene rings is 3. The number of anilines is 1. The Labute approximate surface area is 269 Å². The third-order valence-corrected chi connectivity index (χ3v) is 8.49. The zero-order valence-electron chi connectivity index (χ0n) is 25.4. The molecule has 0 aliphatic carbocycles. The average Bonchev–Trinajstić information content (AvgIpc) is 3.05. The van der Waals surface area contributed by atoms with Crippen molar-refractivity contribution in [2.75, 3.05) is 30.9 Å². The van der Waals surface area contributed by atoms with Crippen LogP contribution in [0.25, 0.3) is 0 Å². The summed E-state index contributed by atoms with van der Waals surface area (Å²) in [5, 5.41) is 13.4. The molecule has 242 valence electrons. The molecule has 0 radical (unpaired) electrons. The van der Waals surface area contributed by atoms with Crippen molar-refractivity contribution in [2.24, 2.45) is 5.92 Å². The van der Waals surface area contributed by atoms with E-state index in [2.05, 4.69) is 10.6 Å². The van der Waals surface area contributed by atoms with Crippen LogP contribution in [0.4, 0.5) is 10.1 Å². The minimum absolute atomic E-state index is 0.0687. The molecule has 46 heavy (non-hydrogen) atoms. The monoisotopic (exact) mass is 651 g/mol. The van der Waals surface area contributed by atoms with Gasteiger partial charge in [-0.1, -0.05) is 26.0 Å². The number of ketones is 1. The van der Waals surface area contributed by atoms with Crippen LogP contribution in [-0.2, 0) is 19.2 Å². The summed E-state index contributed by atoms with van der Waals surface area (Å²) in [6, 6.07) is 17.5. The first kappa shape index (κ1) is 34.0. The summed E-state index contributed by atoms with van der Waals surface area (Å²) < 4.78 is 24.3. The van der Waals surface area contributed by atoms with Crippen LogP contribution < -0.4 is 25.0 Å². The summed E-state index contributed by atoms with van der Waals surface area (Å²) in [6.07, 6.45) is 0. The normalized spacial score (nSPS) is 16.3. The Morgan fingerprint density at radius 2 is 1.57 bits per heavy atom.